The highest BCUT2D eigenvalue weighted by atomic mass is 16.3. The predicted molar refractivity (Wildman–Crippen MR) is 75.2 cm³/mol. The van der Waals surface area contributed by atoms with Gasteiger partial charge in [-0.3, -0.25) is 0 Å². The smallest absolute Gasteiger partial charge is 0.176 e. The highest BCUT2D eigenvalue weighted by Crippen LogP contribution is 2.30. The Morgan fingerprint density at radius 1 is 1.37 bits per heavy atom. The molecule has 0 bridgehead atoms. The number of nitrogens with zero attached hydrogens (tertiary/aromatic N) is 2. The molecule has 1 aliphatic rings. The highest BCUT2D eigenvalue weighted by molar-refractivity contribution is 5.85. The molecule has 0 spiro atoms. The maximum absolute atomic E-state index is 5.46. The van der Waals surface area contributed by atoms with Gasteiger partial charge >= 0.3 is 0 Å². The molecule has 3 aromatic rings. The molecule has 96 valence electrons. The molecule has 1 aliphatic heterocycles. The van der Waals surface area contributed by atoms with Crippen molar-refractivity contribution in [1.29, 1.82) is 0 Å². The van der Waals surface area contributed by atoms with Crippen LogP contribution in [0.4, 0.5) is 5.69 Å². The largest absolute Gasteiger partial charge is 0.461 e. The molecule has 4 rings (SSSR count). The molecule has 0 saturated heterocycles. The van der Waals surface area contributed by atoms with Gasteiger partial charge in [0.2, 0.25) is 0 Å². The van der Waals surface area contributed by atoms with Crippen molar-refractivity contribution in [2.75, 3.05) is 11.9 Å². The summed E-state index contributed by atoms with van der Waals surface area (Å²) in [5.41, 5.74) is 4.78. The molecule has 0 unspecified atom stereocenters. The zero-order chi connectivity index (χ0) is 12.8. The van der Waals surface area contributed by atoms with Gasteiger partial charge in [-0.2, -0.15) is 0 Å². The van der Waals surface area contributed by atoms with Crippen LogP contribution in [0.25, 0.3) is 22.6 Å². The van der Waals surface area contributed by atoms with Gasteiger partial charge in [0.1, 0.15) is 0 Å². The van der Waals surface area contributed by atoms with Crippen LogP contribution >= 0.6 is 0 Å². The van der Waals surface area contributed by atoms with E-state index in [2.05, 4.69) is 22.0 Å². The molecule has 3 heterocycles. The Labute approximate surface area is 111 Å². The van der Waals surface area contributed by atoms with Crippen LogP contribution < -0.4 is 5.32 Å². The van der Waals surface area contributed by atoms with E-state index in [0.29, 0.717) is 0 Å². The fourth-order valence-electron chi connectivity index (χ4n) is 2.78. The van der Waals surface area contributed by atoms with Crippen LogP contribution in [0, 0.1) is 0 Å². The molecule has 1 N–H and O–H groups in total. The van der Waals surface area contributed by atoms with Gasteiger partial charge in [0.15, 0.2) is 11.6 Å². The monoisotopic (exact) mass is 253 g/mol. The van der Waals surface area contributed by atoms with E-state index in [4.69, 9.17) is 9.40 Å². The maximum atomic E-state index is 5.46. The van der Waals surface area contributed by atoms with Crippen molar-refractivity contribution in [1.82, 2.24) is 9.55 Å². The van der Waals surface area contributed by atoms with Crippen molar-refractivity contribution in [3.63, 3.8) is 0 Å². The second-order valence-corrected chi connectivity index (χ2v) is 5.00. The molecule has 0 aliphatic carbocycles. The lowest BCUT2D eigenvalue weighted by Gasteiger charge is -2.17. The maximum Gasteiger partial charge on any atom is 0.176 e. The fraction of sp³-hybridized carbons (Fsp3) is 0.267. The first-order chi connectivity index (χ1) is 9.33. The van der Waals surface area contributed by atoms with E-state index < -0.39 is 0 Å². The van der Waals surface area contributed by atoms with E-state index in [1.54, 1.807) is 6.26 Å². The standard InChI is InChI=1S/C15H15N3O/c1-18-13-9-11-10(4-2-6-16-11)8-12(13)17-15(18)14-5-3-7-19-14/h3,5,7-9,16H,2,4,6H2,1H3. The number of hydrogen-bond donors (Lipinski definition) is 1. The molecular formula is C15H15N3O. The van der Waals surface area contributed by atoms with Crippen molar-refractivity contribution < 1.29 is 4.42 Å². The molecule has 4 nitrogen and oxygen atoms in total. The van der Waals surface area contributed by atoms with Crippen LogP contribution in [0.3, 0.4) is 0 Å². The molecule has 1 aromatic carbocycles. The normalized spacial score (nSPS) is 14.4. The second kappa shape index (κ2) is 3.88. The molecule has 0 saturated carbocycles. The minimum Gasteiger partial charge on any atom is -0.461 e. The Morgan fingerprint density at radius 2 is 2.32 bits per heavy atom. The van der Waals surface area contributed by atoms with E-state index in [-0.39, 0.29) is 0 Å². The Bertz CT molecular complexity index is 740. The number of anilines is 1. The average Bonchev–Trinajstić information content (AvgIpc) is 3.05. The summed E-state index contributed by atoms with van der Waals surface area (Å²) >= 11 is 0. The fourth-order valence-corrected chi connectivity index (χ4v) is 2.78. The minimum absolute atomic E-state index is 0.810. The first kappa shape index (κ1) is 10.7. The Balaban J connectivity index is 1.96. The van der Waals surface area contributed by atoms with Crippen LogP contribution in [0.15, 0.2) is 34.9 Å². The van der Waals surface area contributed by atoms with Gasteiger partial charge < -0.3 is 14.3 Å². The van der Waals surface area contributed by atoms with Crippen molar-refractivity contribution in [2.24, 2.45) is 7.05 Å². The summed E-state index contributed by atoms with van der Waals surface area (Å²) in [7, 11) is 2.03. The number of furan rings is 1. The third kappa shape index (κ3) is 1.56. The third-order valence-corrected chi connectivity index (χ3v) is 3.79. The summed E-state index contributed by atoms with van der Waals surface area (Å²) in [6.07, 6.45) is 4.00. The lowest BCUT2D eigenvalue weighted by Crippen LogP contribution is -2.11. The SMILES string of the molecule is Cn1c(-c2ccco2)nc2cc3c(cc21)NCCC3. The number of hydrogen-bond acceptors (Lipinski definition) is 3. The summed E-state index contributed by atoms with van der Waals surface area (Å²) in [6.45, 7) is 1.06. The van der Waals surface area contributed by atoms with E-state index >= 15 is 0 Å². The first-order valence-corrected chi connectivity index (χ1v) is 6.60. The molecule has 0 radical (unpaired) electrons. The van der Waals surface area contributed by atoms with Gasteiger partial charge in [0.25, 0.3) is 0 Å². The van der Waals surface area contributed by atoms with Crippen LogP contribution in [0.5, 0.6) is 0 Å². The minimum atomic E-state index is 0.810. The zero-order valence-electron chi connectivity index (χ0n) is 10.8. The number of imidazole rings is 1. The molecule has 0 atom stereocenters. The Kier molecular flexibility index (Phi) is 2.18. The zero-order valence-corrected chi connectivity index (χ0v) is 10.8. The van der Waals surface area contributed by atoms with Crippen LogP contribution in [-0.4, -0.2) is 16.1 Å². The molecule has 2 aromatic heterocycles. The quantitative estimate of drug-likeness (QED) is 0.724. The van der Waals surface area contributed by atoms with Gasteiger partial charge in [-0.05, 0) is 42.7 Å². The lowest BCUT2D eigenvalue weighted by molar-refractivity contribution is 0.574. The number of aromatic nitrogens is 2. The van der Waals surface area contributed by atoms with Crippen LogP contribution in [-0.2, 0) is 13.5 Å². The Morgan fingerprint density at radius 3 is 3.16 bits per heavy atom. The van der Waals surface area contributed by atoms with E-state index in [9.17, 15) is 0 Å². The number of nitrogens with one attached hydrogen (secondary N) is 1. The van der Waals surface area contributed by atoms with Crippen molar-refractivity contribution in [2.45, 2.75) is 12.8 Å². The van der Waals surface area contributed by atoms with Gasteiger partial charge in [-0.15, -0.1) is 0 Å². The summed E-state index contributed by atoms with van der Waals surface area (Å²) < 4.78 is 7.54. The van der Waals surface area contributed by atoms with Crippen molar-refractivity contribution in [3.8, 4) is 11.6 Å². The van der Waals surface area contributed by atoms with Crippen molar-refractivity contribution >= 4 is 16.7 Å². The number of aryl methyl sites for hydroxylation is 2. The van der Waals surface area contributed by atoms with E-state index in [0.717, 1.165) is 35.6 Å². The second-order valence-electron chi connectivity index (χ2n) is 5.00. The van der Waals surface area contributed by atoms with Gasteiger partial charge in [0.05, 0.1) is 17.3 Å². The molecule has 0 amide bonds. The predicted octanol–water partition coefficient (Wildman–Crippen LogP) is 3.19. The van der Waals surface area contributed by atoms with Crippen LogP contribution in [0.1, 0.15) is 12.0 Å². The highest BCUT2D eigenvalue weighted by Gasteiger charge is 2.16. The number of benzene rings is 1. The summed E-state index contributed by atoms with van der Waals surface area (Å²) in [5, 5.41) is 3.46. The van der Waals surface area contributed by atoms with Crippen molar-refractivity contribution in [3.05, 3.63) is 36.1 Å². The van der Waals surface area contributed by atoms with Gasteiger partial charge in [-0.1, -0.05) is 0 Å². The lowest BCUT2D eigenvalue weighted by atomic mass is 10.0. The number of fused-ring (bicyclic) bond motifs is 2. The molecule has 19 heavy (non-hydrogen) atoms. The van der Waals surface area contributed by atoms with Crippen LogP contribution in [0.2, 0.25) is 0 Å². The molecule has 0 fully saturated rings. The topological polar surface area (TPSA) is 43.0 Å². The Hall–Kier alpha value is -2.23. The molecular weight excluding hydrogens is 238 g/mol. The summed E-state index contributed by atoms with van der Waals surface area (Å²) in [5.74, 6) is 1.69. The van der Waals surface area contributed by atoms with Gasteiger partial charge in [-0.25, -0.2) is 4.98 Å². The van der Waals surface area contributed by atoms with E-state index in [1.807, 2.05) is 19.2 Å². The summed E-state index contributed by atoms with van der Waals surface area (Å²) in [6, 6.07) is 8.23. The average molecular weight is 253 g/mol. The van der Waals surface area contributed by atoms with Gasteiger partial charge in [0, 0.05) is 19.3 Å². The number of rotatable bonds is 1. The summed E-state index contributed by atoms with van der Waals surface area (Å²) in [4.78, 5) is 4.70. The molecule has 4 heteroatoms. The third-order valence-electron chi connectivity index (χ3n) is 3.79. The van der Waals surface area contributed by atoms with E-state index in [1.165, 1.54) is 17.7 Å². The first-order valence-electron chi connectivity index (χ1n) is 6.60.